The largest absolute Gasteiger partial charge is 0.434 e. The van der Waals surface area contributed by atoms with Crippen LogP contribution in [0.2, 0.25) is 0 Å². The van der Waals surface area contributed by atoms with Gasteiger partial charge >= 0.3 is 6.18 Å². The molecule has 0 saturated carbocycles. The van der Waals surface area contributed by atoms with E-state index in [-0.39, 0.29) is 36.6 Å². The molecule has 4 heterocycles. The Balaban J connectivity index is 1.54. The van der Waals surface area contributed by atoms with Crippen LogP contribution in [0, 0.1) is 5.82 Å². The Kier molecular flexibility index (Phi) is 7.59. The molecule has 2 aliphatic rings. The van der Waals surface area contributed by atoms with E-state index in [1.54, 1.807) is 6.92 Å². The molecule has 2 aromatic rings. The van der Waals surface area contributed by atoms with Gasteiger partial charge in [-0.2, -0.15) is 13.2 Å². The predicted octanol–water partition coefficient (Wildman–Crippen LogP) is 2.94. The van der Waals surface area contributed by atoms with Gasteiger partial charge in [-0.15, -0.1) is 11.3 Å². The van der Waals surface area contributed by atoms with Gasteiger partial charge in [0.15, 0.2) is 11.5 Å². The van der Waals surface area contributed by atoms with Crippen molar-refractivity contribution in [1.82, 2.24) is 24.2 Å². The standard InChI is InChI=1S/C21H28F4N6O3S2/c1-20(32)5-9-30(10-6-20)12-15-28-18(21(23,24)25)17(35-15)16-14(22)11-26-19(29-16)27-13-3-7-31(8-4-13)36(2,33)34/h11,13,32H,3-10,12H2,1-2H3,(H,26,27,29). The summed E-state index contributed by atoms with van der Waals surface area (Å²) in [5.41, 5.74) is -2.48. The fourth-order valence-corrected chi connectivity index (χ4v) is 6.27. The number of sulfonamides is 1. The predicted molar refractivity (Wildman–Crippen MR) is 126 cm³/mol. The maximum atomic E-state index is 14.7. The lowest BCUT2D eigenvalue weighted by Gasteiger charge is -2.35. The van der Waals surface area contributed by atoms with Crippen LogP contribution >= 0.6 is 11.3 Å². The minimum Gasteiger partial charge on any atom is -0.390 e. The van der Waals surface area contributed by atoms with Gasteiger partial charge in [-0.1, -0.05) is 0 Å². The number of hydrogen-bond donors (Lipinski definition) is 2. The fourth-order valence-electron chi connectivity index (χ4n) is 4.28. The summed E-state index contributed by atoms with van der Waals surface area (Å²) in [5, 5.41) is 13.3. The van der Waals surface area contributed by atoms with Crippen molar-refractivity contribution in [3.63, 3.8) is 0 Å². The monoisotopic (exact) mass is 552 g/mol. The van der Waals surface area contributed by atoms with Crippen LogP contribution < -0.4 is 5.32 Å². The molecule has 0 spiro atoms. The molecule has 2 saturated heterocycles. The van der Waals surface area contributed by atoms with Crippen LogP contribution in [0.3, 0.4) is 0 Å². The van der Waals surface area contributed by atoms with Crippen LogP contribution in [0.15, 0.2) is 6.20 Å². The van der Waals surface area contributed by atoms with Crippen molar-refractivity contribution >= 4 is 27.3 Å². The number of aromatic nitrogens is 3. The molecular weight excluding hydrogens is 524 g/mol. The van der Waals surface area contributed by atoms with Gasteiger partial charge < -0.3 is 10.4 Å². The van der Waals surface area contributed by atoms with E-state index in [1.165, 1.54) is 4.31 Å². The van der Waals surface area contributed by atoms with Gasteiger partial charge in [-0.05, 0) is 32.6 Å². The minimum absolute atomic E-state index is 0.0365. The van der Waals surface area contributed by atoms with E-state index in [0.29, 0.717) is 38.8 Å². The lowest BCUT2D eigenvalue weighted by atomic mass is 9.94. The maximum Gasteiger partial charge on any atom is 0.434 e. The summed E-state index contributed by atoms with van der Waals surface area (Å²) in [6.07, 6.45) is -0.963. The smallest absolute Gasteiger partial charge is 0.390 e. The SMILES string of the molecule is CC1(O)CCN(Cc2nc(C(F)(F)F)c(-c3nc(NC4CCN(S(C)(=O)=O)CC4)ncc3F)s2)CC1. The fraction of sp³-hybridized carbons (Fsp3) is 0.667. The first-order chi connectivity index (χ1) is 16.7. The number of piperidine rings is 2. The Hall–Kier alpha value is -1.94. The Morgan fingerprint density at radius 3 is 2.42 bits per heavy atom. The van der Waals surface area contributed by atoms with Gasteiger partial charge in [0.1, 0.15) is 10.7 Å². The van der Waals surface area contributed by atoms with E-state index < -0.39 is 43.9 Å². The average Bonchev–Trinajstić information content (AvgIpc) is 3.20. The number of likely N-dealkylation sites (tertiary alicyclic amines) is 1. The summed E-state index contributed by atoms with van der Waals surface area (Å²) in [6.45, 7) is 3.47. The van der Waals surface area contributed by atoms with Crippen LogP contribution in [0.5, 0.6) is 0 Å². The highest BCUT2D eigenvalue weighted by atomic mass is 32.2. The van der Waals surface area contributed by atoms with Crippen LogP contribution in [0.1, 0.15) is 43.3 Å². The second-order valence-corrected chi connectivity index (χ2v) is 12.6. The molecular formula is C21H28F4N6O3S2. The Bertz CT molecular complexity index is 1190. The molecule has 0 aromatic carbocycles. The molecule has 0 radical (unpaired) electrons. The van der Waals surface area contributed by atoms with E-state index in [2.05, 4.69) is 20.3 Å². The molecule has 36 heavy (non-hydrogen) atoms. The molecule has 0 bridgehead atoms. The van der Waals surface area contributed by atoms with Gasteiger partial charge in [0, 0.05) is 32.2 Å². The number of nitrogens with zero attached hydrogens (tertiary/aromatic N) is 5. The molecule has 9 nitrogen and oxygen atoms in total. The third-order valence-corrected chi connectivity index (χ3v) is 8.80. The van der Waals surface area contributed by atoms with Gasteiger partial charge in [0.2, 0.25) is 16.0 Å². The molecule has 2 aliphatic heterocycles. The van der Waals surface area contributed by atoms with Crippen LogP contribution in [-0.4, -0.2) is 81.8 Å². The first-order valence-corrected chi connectivity index (χ1v) is 14.1. The van der Waals surface area contributed by atoms with E-state index in [4.69, 9.17) is 0 Å². The molecule has 2 fully saturated rings. The Morgan fingerprint density at radius 2 is 1.83 bits per heavy atom. The van der Waals surface area contributed by atoms with Crippen molar-refractivity contribution in [2.24, 2.45) is 0 Å². The second-order valence-electron chi connectivity index (χ2n) is 9.53. The summed E-state index contributed by atoms with van der Waals surface area (Å²) in [7, 11) is -3.31. The van der Waals surface area contributed by atoms with Gasteiger partial charge in [0.25, 0.3) is 0 Å². The van der Waals surface area contributed by atoms with Crippen molar-refractivity contribution < 1.29 is 31.1 Å². The number of halogens is 4. The zero-order valence-electron chi connectivity index (χ0n) is 19.8. The molecule has 200 valence electrons. The summed E-state index contributed by atoms with van der Waals surface area (Å²) >= 11 is 0.738. The highest BCUT2D eigenvalue weighted by molar-refractivity contribution is 7.88. The number of rotatable bonds is 6. The Labute approximate surface area is 210 Å². The Morgan fingerprint density at radius 1 is 1.19 bits per heavy atom. The van der Waals surface area contributed by atoms with E-state index >= 15 is 0 Å². The summed E-state index contributed by atoms with van der Waals surface area (Å²) in [5.74, 6) is -1.03. The van der Waals surface area contributed by atoms with Gasteiger partial charge in [0.05, 0.1) is 29.5 Å². The van der Waals surface area contributed by atoms with Crippen molar-refractivity contribution in [2.45, 2.75) is 57.0 Å². The van der Waals surface area contributed by atoms with Crippen molar-refractivity contribution in [2.75, 3.05) is 37.8 Å². The molecule has 0 amide bonds. The number of aliphatic hydroxyl groups is 1. The van der Waals surface area contributed by atoms with E-state index in [0.717, 1.165) is 23.8 Å². The van der Waals surface area contributed by atoms with Crippen molar-refractivity contribution in [1.29, 1.82) is 0 Å². The molecule has 0 aliphatic carbocycles. The average molecular weight is 553 g/mol. The highest BCUT2D eigenvalue weighted by Gasteiger charge is 2.39. The maximum absolute atomic E-state index is 14.7. The number of anilines is 1. The molecule has 15 heteroatoms. The summed E-state index contributed by atoms with van der Waals surface area (Å²) < 4.78 is 80.9. The van der Waals surface area contributed by atoms with Gasteiger partial charge in [-0.3, -0.25) is 4.90 Å². The normalized spacial score (nSPS) is 20.5. The third kappa shape index (κ3) is 6.49. The highest BCUT2D eigenvalue weighted by Crippen LogP contribution is 2.41. The van der Waals surface area contributed by atoms with Gasteiger partial charge in [-0.25, -0.2) is 32.1 Å². The summed E-state index contributed by atoms with van der Waals surface area (Å²) in [6, 6.07) is -0.211. The number of thiazole rings is 1. The third-order valence-electron chi connectivity index (χ3n) is 6.45. The van der Waals surface area contributed by atoms with Crippen molar-refractivity contribution in [3.8, 4) is 10.6 Å². The van der Waals surface area contributed by atoms with Crippen LogP contribution in [0.25, 0.3) is 10.6 Å². The topological polar surface area (TPSA) is 112 Å². The quantitative estimate of drug-likeness (QED) is 0.527. The van der Waals surface area contributed by atoms with Crippen LogP contribution in [0.4, 0.5) is 23.5 Å². The second kappa shape index (κ2) is 10.1. The number of hydrogen-bond acceptors (Lipinski definition) is 9. The number of nitrogens with one attached hydrogen (secondary N) is 1. The first-order valence-electron chi connectivity index (χ1n) is 11.5. The molecule has 2 N–H and O–H groups in total. The number of alkyl halides is 3. The molecule has 2 aromatic heterocycles. The molecule has 0 unspecified atom stereocenters. The molecule has 0 atom stereocenters. The zero-order chi connectivity index (χ0) is 26.3. The first kappa shape index (κ1) is 27.1. The lowest BCUT2D eigenvalue weighted by molar-refractivity contribution is -0.140. The van der Waals surface area contributed by atoms with Crippen molar-refractivity contribution in [3.05, 3.63) is 22.7 Å². The van der Waals surface area contributed by atoms with Crippen LogP contribution in [-0.2, 0) is 22.7 Å². The van der Waals surface area contributed by atoms with E-state index in [1.807, 2.05) is 4.90 Å². The van der Waals surface area contributed by atoms with E-state index in [9.17, 15) is 31.1 Å². The lowest BCUT2D eigenvalue weighted by Crippen LogP contribution is -2.42. The molecule has 4 rings (SSSR count). The summed E-state index contributed by atoms with van der Waals surface area (Å²) in [4.78, 5) is 13.2. The minimum atomic E-state index is -4.81. The zero-order valence-corrected chi connectivity index (χ0v) is 21.5.